The Kier molecular flexibility index (Phi) is 18.5. The van der Waals surface area contributed by atoms with Crippen LogP contribution in [0.4, 0.5) is 5.69 Å². The van der Waals surface area contributed by atoms with E-state index in [0.717, 1.165) is 0 Å². The molecule has 0 radical (unpaired) electrons. The van der Waals surface area contributed by atoms with Crippen LogP contribution in [-0.4, -0.2) is 17.6 Å². The van der Waals surface area contributed by atoms with Crippen molar-refractivity contribution < 1.29 is 0 Å². The van der Waals surface area contributed by atoms with E-state index >= 15 is 0 Å². The van der Waals surface area contributed by atoms with Crippen LogP contribution in [0.5, 0.6) is 0 Å². The van der Waals surface area contributed by atoms with Crippen molar-refractivity contribution in [3.63, 3.8) is 0 Å². The van der Waals surface area contributed by atoms with Gasteiger partial charge in [0.15, 0.2) is 0 Å². The molecule has 1 aliphatic heterocycles. The van der Waals surface area contributed by atoms with Gasteiger partial charge >= 0.3 is 0 Å². The van der Waals surface area contributed by atoms with Gasteiger partial charge in [-0.15, -0.1) is 0 Å². The van der Waals surface area contributed by atoms with E-state index in [1.54, 1.807) is 0 Å². The van der Waals surface area contributed by atoms with Crippen molar-refractivity contribution in [3.05, 3.63) is 42.7 Å². The third-order valence-electron chi connectivity index (χ3n) is 8.01. The Balaban J connectivity index is 1.58. The highest BCUT2D eigenvalue weighted by atomic mass is 15.4. The molecule has 0 saturated carbocycles. The Bertz CT molecular complexity index is 625. The van der Waals surface area contributed by atoms with Crippen molar-refractivity contribution in [2.24, 2.45) is 0 Å². The summed E-state index contributed by atoms with van der Waals surface area (Å²) in [5.41, 5.74) is 1.34. The third kappa shape index (κ3) is 13.8. The van der Waals surface area contributed by atoms with Crippen LogP contribution < -0.4 is 4.90 Å². The fraction of sp³-hybridized carbons (Fsp3) is 0.765. The fourth-order valence-electron chi connectivity index (χ4n) is 5.68. The molecule has 206 valence electrons. The molecule has 0 N–H and O–H groups in total. The van der Waals surface area contributed by atoms with Gasteiger partial charge in [0, 0.05) is 24.6 Å². The van der Waals surface area contributed by atoms with E-state index in [0.29, 0.717) is 6.17 Å². The molecule has 0 aliphatic carbocycles. The Hall–Kier alpha value is -1.44. The van der Waals surface area contributed by atoms with Gasteiger partial charge in [-0.3, -0.25) is 0 Å². The average Bonchev–Trinajstić information content (AvgIpc) is 3.31. The Morgan fingerprint density at radius 2 is 0.944 bits per heavy atom. The second kappa shape index (κ2) is 21.6. The zero-order chi connectivity index (χ0) is 25.5. The van der Waals surface area contributed by atoms with E-state index in [9.17, 15) is 0 Å². The van der Waals surface area contributed by atoms with Gasteiger partial charge in [-0.25, -0.2) is 0 Å². The summed E-state index contributed by atoms with van der Waals surface area (Å²) in [6, 6.07) is 11.0. The van der Waals surface area contributed by atoms with E-state index in [2.05, 4.69) is 66.4 Å². The maximum Gasteiger partial charge on any atom is 0.105 e. The van der Waals surface area contributed by atoms with Crippen molar-refractivity contribution >= 4 is 5.69 Å². The van der Waals surface area contributed by atoms with Gasteiger partial charge in [-0.2, -0.15) is 0 Å². The van der Waals surface area contributed by atoms with E-state index < -0.39 is 0 Å². The van der Waals surface area contributed by atoms with Crippen LogP contribution in [0.1, 0.15) is 155 Å². The number of hydrogen-bond acceptors (Lipinski definition) is 2. The lowest BCUT2D eigenvalue weighted by atomic mass is 10.0. The van der Waals surface area contributed by atoms with Crippen molar-refractivity contribution in [1.82, 2.24) is 4.90 Å². The first-order chi connectivity index (χ1) is 17.9. The smallest absolute Gasteiger partial charge is 0.105 e. The number of para-hydroxylation sites is 1. The molecule has 2 nitrogen and oxygen atoms in total. The molecule has 1 aromatic rings. The van der Waals surface area contributed by atoms with E-state index in [1.165, 1.54) is 153 Å². The number of unbranched alkanes of at least 4 members (excludes halogenated alkanes) is 19. The standard InChI is InChI=1S/C34H60N2/c1-3-5-7-9-11-12-13-14-15-16-17-18-20-25-29-34-35(30-26-21-19-10-8-6-4-2)31-32-36(34)33-27-23-22-24-28-33/h22-24,27-28,31-32,34H,3-21,25-26,29-30H2,1-2H3. The molecule has 1 heterocycles. The largest absolute Gasteiger partial charge is 0.356 e. The van der Waals surface area contributed by atoms with Crippen LogP contribution in [0, 0.1) is 0 Å². The van der Waals surface area contributed by atoms with Crippen LogP contribution in [0.15, 0.2) is 42.7 Å². The van der Waals surface area contributed by atoms with Gasteiger partial charge in [0.1, 0.15) is 6.17 Å². The van der Waals surface area contributed by atoms with Crippen molar-refractivity contribution in [2.75, 3.05) is 11.4 Å². The molecular weight excluding hydrogens is 436 g/mol. The van der Waals surface area contributed by atoms with Crippen LogP contribution in [0.3, 0.4) is 0 Å². The van der Waals surface area contributed by atoms with Gasteiger partial charge in [0.2, 0.25) is 0 Å². The van der Waals surface area contributed by atoms with E-state index in [4.69, 9.17) is 0 Å². The quantitative estimate of drug-likeness (QED) is 0.131. The van der Waals surface area contributed by atoms with E-state index in [-0.39, 0.29) is 0 Å². The summed E-state index contributed by atoms with van der Waals surface area (Å²) in [6.45, 7) is 5.81. The monoisotopic (exact) mass is 496 g/mol. The zero-order valence-electron chi connectivity index (χ0n) is 24.3. The lowest BCUT2D eigenvalue weighted by molar-refractivity contribution is 0.273. The van der Waals surface area contributed by atoms with Crippen LogP contribution in [-0.2, 0) is 0 Å². The summed E-state index contributed by atoms with van der Waals surface area (Å²) in [5, 5.41) is 0. The first kappa shape index (κ1) is 30.8. The maximum absolute atomic E-state index is 2.63. The highest BCUT2D eigenvalue weighted by Gasteiger charge is 2.26. The molecule has 1 aliphatic rings. The van der Waals surface area contributed by atoms with Gasteiger partial charge in [-0.1, -0.05) is 154 Å². The SMILES string of the molecule is CCCCCCCCCCCCCCCCC1N(CCCCCCCCC)C=CN1c1ccccc1. The van der Waals surface area contributed by atoms with Gasteiger partial charge < -0.3 is 9.80 Å². The highest BCUT2D eigenvalue weighted by Crippen LogP contribution is 2.28. The molecule has 1 aromatic carbocycles. The van der Waals surface area contributed by atoms with Crippen LogP contribution >= 0.6 is 0 Å². The summed E-state index contributed by atoms with van der Waals surface area (Å²) in [7, 11) is 0. The Labute approximate surface area is 225 Å². The molecule has 0 saturated heterocycles. The molecule has 1 unspecified atom stereocenters. The van der Waals surface area contributed by atoms with Gasteiger partial charge in [0.25, 0.3) is 0 Å². The highest BCUT2D eigenvalue weighted by molar-refractivity contribution is 5.51. The third-order valence-corrected chi connectivity index (χ3v) is 8.01. The summed E-state index contributed by atoms with van der Waals surface area (Å²) >= 11 is 0. The molecule has 2 heteroatoms. The predicted octanol–water partition coefficient (Wildman–Crippen LogP) is 11.2. The molecular formula is C34H60N2. The summed E-state index contributed by atoms with van der Waals surface area (Å²) < 4.78 is 0. The number of rotatable bonds is 24. The number of hydrogen-bond donors (Lipinski definition) is 0. The predicted molar refractivity (Wildman–Crippen MR) is 161 cm³/mol. The zero-order valence-corrected chi connectivity index (χ0v) is 24.3. The molecule has 0 amide bonds. The number of anilines is 1. The lowest BCUT2D eigenvalue weighted by Crippen LogP contribution is -2.39. The molecule has 0 aromatic heterocycles. The maximum atomic E-state index is 2.63. The van der Waals surface area contributed by atoms with Crippen molar-refractivity contribution in [3.8, 4) is 0 Å². The minimum atomic E-state index is 0.504. The average molecular weight is 497 g/mol. The minimum absolute atomic E-state index is 0.504. The second-order valence-electron chi connectivity index (χ2n) is 11.3. The normalized spacial score (nSPS) is 15.3. The lowest BCUT2D eigenvalue weighted by Gasteiger charge is -2.33. The molecule has 0 spiro atoms. The number of nitrogens with zero attached hydrogens (tertiary/aromatic N) is 2. The summed E-state index contributed by atoms with van der Waals surface area (Å²) in [5.74, 6) is 0. The second-order valence-corrected chi connectivity index (χ2v) is 11.3. The summed E-state index contributed by atoms with van der Waals surface area (Å²) in [6.07, 6.45) is 36.2. The van der Waals surface area contributed by atoms with Crippen molar-refractivity contribution in [1.29, 1.82) is 0 Å². The minimum Gasteiger partial charge on any atom is -0.356 e. The first-order valence-electron chi connectivity index (χ1n) is 16.1. The Morgan fingerprint density at radius 3 is 1.44 bits per heavy atom. The Morgan fingerprint density at radius 1 is 0.500 bits per heavy atom. The summed E-state index contributed by atoms with van der Waals surface area (Å²) in [4.78, 5) is 5.14. The van der Waals surface area contributed by atoms with Gasteiger partial charge in [0.05, 0.1) is 0 Å². The fourth-order valence-corrected chi connectivity index (χ4v) is 5.68. The van der Waals surface area contributed by atoms with E-state index in [1.807, 2.05) is 0 Å². The molecule has 1 atom stereocenters. The van der Waals surface area contributed by atoms with Crippen molar-refractivity contribution in [2.45, 2.75) is 161 Å². The molecule has 0 fully saturated rings. The van der Waals surface area contributed by atoms with Crippen LogP contribution in [0.2, 0.25) is 0 Å². The first-order valence-corrected chi connectivity index (χ1v) is 16.1. The van der Waals surface area contributed by atoms with Crippen LogP contribution in [0.25, 0.3) is 0 Å². The number of benzene rings is 1. The molecule has 2 rings (SSSR count). The topological polar surface area (TPSA) is 6.48 Å². The van der Waals surface area contributed by atoms with Gasteiger partial charge in [-0.05, 0) is 31.4 Å². The molecule has 36 heavy (non-hydrogen) atoms. The molecule has 0 bridgehead atoms.